The Bertz CT molecular complexity index is 1280. The summed E-state index contributed by atoms with van der Waals surface area (Å²) in [6, 6.07) is 8.51. The van der Waals surface area contributed by atoms with E-state index in [2.05, 4.69) is 20.2 Å². The average molecular weight is 522 g/mol. The third-order valence-corrected chi connectivity index (χ3v) is 6.50. The van der Waals surface area contributed by atoms with Crippen molar-refractivity contribution >= 4 is 23.1 Å². The number of halogens is 4. The van der Waals surface area contributed by atoms with Gasteiger partial charge in [0.25, 0.3) is 5.56 Å². The van der Waals surface area contributed by atoms with E-state index in [-0.39, 0.29) is 34.1 Å². The van der Waals surface area contributed by atoms with Crippen LogP contribution >= 0.6 is 11.6 Å². The highest BCUT2D eigenvalue weighted by Gasteiger charge is 2.35. The van der Waals surface area contributed by atoms with Crippen LogP contribution in [-0.4, -0.2) is 46.4 Å². The maximum Gasteiger partial charge on any atom is 0.416 e. The lowest BCUT2D eigenvalue weighted by Gasteiger charge is -2.22. The number of benzene rings is 1. The number of hydrogen-bond donors (Lipinski definition) is 1. The van der Waals surface area contributed by atoms with Crippen molar-refractivity contribution in [3.63, 3.8) is 0 Å². The van der Waals surface area contributed by atoms with Gasteiger partial charge in [-0.25, -0.2) is 9.97 Å². The maximum atomic E-state index is 13.5. The highest BCUT2D eigenvalue weighted by Crippen LogP contribution is 2.35. The van der Waals surface area contributed by atoms with Gasteiger partial charge in [-0.2, -0.15) is 13.2 Å². The van der Waals surface area contributed by atoms with E-state index < -0.39 is 11.7 Å². The van der Waals surface area contributed by atoms with E-state index in [4.69, 9.17) is 16.3 Å². The molecule has 11 heteroatoms. The summed E-state index contributed by atoms with van der Waals surface area (Å²) < 4.78 is 46.5. The summed E-state index contributed by atoms with van der Waals surface area (Å²) in [7, 11) is 1.53. The molecule has 0 unspecified atom stereocenters. The lowest BCUT2D eigenvalue weighted by Crippen LogP contribution is -2.38. The summed E-state index contributed by atoms with van der Waals surface area (Å²) in [4.78, 5) is 24.6. The molecule has 7 nitrogen and oxygen atoms in total. The van der Waals surface area contributed by atoms with Gasteiger partial charge in [0.2, 0.25) is 0 Å². The lowest BCUT2D eigenvalue weighted by molar-refractivity contribution is -0.137. The quantitative estimate of drug-likeness (QED) is 0.482. The Morgan fingerprint density at radius 2 is 1.97 bits per heavy atom. The predicted molar refractivity (Wildman–Crippen MR) is 134 cm³/mol. The smallest absolute Gasteiger partial charge is 0.374 e. The zero-order valence-electron chi connectivity index (χ0n) is 20.1. The van der Waals surface area contributed by atoms with Gasteiger partial charge in [0.05, 0.1) is 28.4 Å². The number of alkyl halides is 3. The number of nitrogens with zero attached hydrogens (tertiary/aromatic N) is 4. The van der Waals surface area contributed by atoms with E-state index in [9.17, 15) is 18.0 Å². The summed E-state index contributed by atoms with van der Waals surface area (Å²) >= 11 is 6.20. The number of anilines is 2. The first-order valence-corrected chi connectivity index (χ1v) is 12.0. The van der Waals surface area contributed by atoms with Crippen LogP contribution in [-0.2, 0) is 24.4 Å². The number of aryl methyl sites for hydroxylation is 1. The Hall–Kier alpha value is -3.11. The first kappa shape index (κ1) is 26.0. The molecule has 2 aromatic heterocycles. The maximum absolute atomic E-state index is 13.5. The van der Waals surface area contributed by atoms with Crippen LogP contribution in [0.4, 0.5) is 24.7 Å². The van der Waals surface area contributed by atoms with Crippen LogP contribution in [0.15, 0.2) is 47.4 Å². The Balaban J connectivity index is 1.68. The molecule has 0 amide bonds. The first-order valence-electron chi connectivity index (χ1n) is 11.6. The average Bonchev–Trinajstić information content (AvgIpc) is 3.25. The van der Waals surface area contributed by atoms with Gasteiger partial charge in [-0.1, -0.05) is 24.6 Å². The van der Waals surface area contributed by atoms with E-state index in [0.717, 1.165) is 18.0 Å². The zero-order chi connectivity index (χ0) is 26.0. The Morgan fingerprint density at radius 3 is 2.58 bits per heavy atom. The van der Waals surface area contributed by atoms with Gasteiger partial charge in [-0.05, 0) is 43.7 Å². The van der Waals surface area contributed by atoms with Crippen LogP contribution < -0.4 is 15.8 Å². The van der Waals surface area contributed by atoms with E-state index in [1.165, 1.54) is 17.7 Å². The van der Waals surface area contributed by atoms with E-state index in [1.54, 1.807) is 6.20 Å². The molecule has 1 aromatic carbocycles. The summed E-state index contributed by atoms with van der Waals surface area (Å²) in [5.74, 6) is 1.02. The minimum absolute atomic E-state index is 0.131. The van der Waals surface area contributed by atoms with Gasteiger partial charge in [0.15, 0.2) is 0 Å². The molecule has 0 spiro atoms. The highest BCUT2D eigenvalue weighted by atomic mass is 35.5. The van der Waals surface area contributed by atoms with Gasteiger partial charge in [0, 0.05) is 38.5 Å². The zero-order valence-corrected chi connectivity index (χ0v) is 20.9. The Morgan fingerprint density at radius 1 is 1.19 bits per heavy atom. The SMILES string of the molecule is CCO[C@@H]1CN(c2ccccn2)C[C@H]1Nc1c(CC)nc(-c2ccc(C(F)(F)F)cc2Cl)n(C)c1=O. The van der Waals surface area contributed by atoms with Gasteiger partial charge in [-0.15, -0.1) is 0 Å². The molecule has 192 valence electrons. The molecule has 1 fully saturated rings. The van der Waals surface area contributed by atoms with Crippen molar-refractivity contribution in [3.05, 3.63) is 69.2 Å². The van der Waals surface area contributed by atoms with Crippen molar-refractivity contribution in [3.8, 4) is 11.4 Å². The summed E-state index contributed by atoms with van der Waals surface area (Å²) in [5, 5.41) is 3.22. The topological polar surface area (TPSA) is 72.3 Å². The van der Waals surface area contributed by atoms with E-state index in [1.807, 2.05) is 32.0 Å². The van der Waals surface area contributed by atoms with Gasteiger partial charge >= 0.3 is 6.18 Å². The summed E-state index contributed by atoms with van der Waals surface area (Å²) in [6.07, 6.45) is -2.55. The Kier molecular flexibility index (Phi) is 7.56. The molecule has 0 radical (unpaired) electrons. The van der Waals surface area contributed by atoms with Gasteiger partial charge < -0.3 is 15.0 Å². The van der Waals surface area contributed by atoms with Crippen molar-refractivity contribution in [2.24, 2.45) is 7.05 Å². The molecule has 0 saturated carbocycles. The van der Waals surface area contributed by atoms with Crippen molar-refractivity contribution in [2.75, 3.05) is 29.9 Å². The van der Waals surface area contributed by atoms with Crippen LogP contribution in [0.3, 0.4) is 0 Å². The number of rotatable bonds is 7. The molecule has 2 atom stereocenters. The minimum Gasteiger partial charge on any atom is -0.374 e. The largest absolute Gasteiger partial charge is 0.416 e. The van der Waals surface area contributed by atoms with Crippen LogP contribution in [0.2, 0.25) is 5.02 Å². The monoisotopic (exact) mass is 521 g/mol. The van der Waals surface area contributed by atoms with E-state index in [0.29, 0.717) is 37.5 Å². The molecule has 1 saturated heterocycles. The molecule has 3 aromatic rings. The number of aromatic nitrogens is 3. The van der Waals surface area contributed by atoms with Gasteiger partial charge in [-0.3, -0.25) is 9.36 Å². The van der Waals surface area contributed by atoms with Gasteiger partial charge in [0.1, 0.15) is 17.3 Å². The van der Waals surface area contributed by atoms with Crippen molar-refractivity contribution in [1.29, 1.82) is 0 Å². The fraction of sp³-hybridized carbons (Fsp3) is 0.400. The molecule has 1 aliphatic heterocycles. The lowest BCUT2D eigenvalue weighted by atomic mass is 10.1. The molecular formula is C25H27ClF3N5O2. The molecule has 1 aliphatic rings. The fourth-order valence-electron chi connectivity index (χ4n) is 4.37. The Labute approximate surface area is 211 Å². The van der Waals surface area contributed by atoms with Crippen molar-refractivity contribution < 1.29 is 17.9 Å². The van der Waals surface area contributed by atoms with Crippen LogP contribution in [0.25, 0.3) is 11.4 Å². The molecule has 36 heavy (non-hydrogen) atoms. The molecule has 4 rings (SSSR count). The van der Waals surface area contributed by atoms with Crippen molar-refractivity contribution in [1.82, 2.24) is 14.5 Å². The van der Waals surface area contributed by atoms with Crippen molar-refractivity contribution in [2.45, 2.75) is 38.6 Å². The van der Waals surface area contributed by atoms with E-state index >= 15 is 0 Å². The summed E-state index contributed by atoms with van der Waals surface area (Å²) in [5.41, 5.74) is -0.130. The summed E-state index contributed by atoms with van der Waals surface area (Å²) in [6.45, 7) is 5.47. The standard InChI is InChI=1S/C25H27ClF3N5O2/c1-4-18-22(31-19-13-34(14-20(19)36-5-2)21-8-6-7-11-30-21)24(35)33(3)23(32-18)16-10-9-15(12-17(16)26)25(27,28)29/h6-12,19-20,31H,4-5,13-14H2,1-3H3/t19-,20-/m1/s1. The second-order valence-electron chi connectivity index (χ2n) is 8.50. The predicted octanol–water partition coefficient (Wildman–Crippen LogP) is 4.78. The molecule has 1 N–H and O–H groups in total. The molecular weight excluding hydrogens is 495 g/mol. The number of hydrogen-bond acceptors (Lipinski definition) is 6. The van der Waals surface area contributed by atoms with Crippen LogP contribution in [0.5, 0.6) is 0 Å². The molecule has 0 aliphatic carbocycles. The normalized spacial score (nSPS) is 18.0. The first-order chi connectivity index (χ1) is 17.1. The highest BCUT2D eigenvalue weighted by molar-refractivity contribution is 6.33. The second kappa shape index (κ2) is 10.5. The molecule has 0 bridgehead atoms. The number of ether oxygens (including phenoxy) is 1. The molecule has 3 heterocycles. The number of pyridine rings is 1. The van der Waals surface area contributed by atoms with Crippen LogP contribution in [0.1, 0.15) is 25.1 Å². The minimum atomic E-state index is -4.52. The third kappa shape index (κ3) is 5.19. The second-order valence-corrected chi connectivity index (χ2v) is 8.91. The third-order valence-electron chi connectivity index (χ3n) is 6.19. The number of nitrogens with one attached hydrogen (secondary N) is 1. The fourth-order valence-corrected chi connectivity index (χ4v) is 4.63. The van der Waals surface area contributed by atoms with Crippen LogP contribution in [0, 0.1) is 0 Å².